The van der Waals surface area contributed by atoms with Crippen molar-refractivity contribution in [3.05, 3.63) is 72.3 Å². The van der Waals surface area contributed by atoms with Crippen molar-refractivity contribution < 1.29 is 18.4 Å². The van der Waals surface area contributed by atoms with E-state index in [1.807, 2.05) is 61.5 Å². The predicted octanol–water partition coefficient (Wildman–Crippen LogP) is 3.90. The number of sulfonamides is 1. The summed E-state index contributed by atoms with van der Waals surface area (Å²) in [5, 5.41) is 13.0. The van der Waals surface area contributed by atoms with Crippen molar-refractivity contribution in [1.29, 1.82) is 0 Å². The van der Waals surface area contributed by atoms with Crippen LogP contribution in [-0.4, -0.2) is 45.8 Å². The lowest BCUT2D eigenvalue weighted by molar-refractivity contribution is -0.909. The summed E-state index contributed by atoms with van der Waals surface area (Å²) >= 11 is 0. The number of hydrogen-bond acceptors (Lipinski definition) is 3. The number of aryl methyl sites for hydroxylation is 1. The zero-order valence-electron chi connectivity index (χ0n) is 21.0. The van der Waals surface area contributed by atoms with Crippen LogP contribution < -0.4 is 9.21 Å². The minimum absolute atomic E-state index is 0.00388. The summed E-state index contributed by atoms with van der Waals surface area (Å²) in [5.74, 6) is 0.984. The van der Waals surface area contributed by atoms with Crippen LogP contribution in [0.1, 0.15) is 33.3 Å². The van der Waals surface area contributed by atoms with E-state index in [-0.39, 0.29) is 11.4 Å². The van der Waals surface area contributed by atoms with E-state index in [4.69, 9.17) is 0 Å². The number of hydrogen-bond donors (Lipinski definition) is 2. The highest BCUT2D eigenvalue weighted by molar-refractivity contribution is 7.92. The molecule has 0 spiro atoms. The van der Waals surface area contributed by atoms with Gasteiger partial charge in [-0.25, -0.2) is 8.42 Å². The van der Waals surface area contributed by atoms with Crippen LogP contribution in [0.25, 0.3) is 10.8 Å². The summed E-state index contributed by atoms with van der Waals surface area (Å²) < 4.78 is 29.1. The van der Waals surface area contributed by atoms with Crippen LogP contribution in [0.4, 0.5) is 5.69 Å². The van der Waals surface area contributed by atoms with Crippen LogP contribution in [0.15, 0.2) is 71.6 Å². The van der Waals surface area contributed by atoms with Gasteiger partial charge in [0.05, 0.1) is 30.2 Å². The van der Waals surface area contributed by atoms with E-state index in [0.717, 1.165) is 29.4 Å². The van der Waals surface area contributed by atoms with Gasteiger partial charge in [0.2, 0.25) is 0 Å². The molecule has 0 fully saturated rings. The lowest BCUT2D eigenvalue weighted by Gasteiger charge is -2.30. The predicted molar refractivity (Wildman–Crippen MR) is 141 cm³/mol. The first-order valence-electron chi connectivity index (χ1n) is 12.2. The van der Waals surface area contributed by atoms with Gasteiger partial charge < -0.3 is 10.0 Å². The second-order valence-corrected chi connectivity index (χ2v) is 12.0. The van der Waals surface area contributed by atoms with Crippen molar-refractivity contribution >= 4 is 26.5 Å². The number of nitrogens with zero attached hydrogens (tertiary/aromatic N) is 1. The fourth-order valence-corrected chi connectivity index (χ4v) is 6.10. The molecule has 0 unspecified atom stereocenters. The van der Waals surface area contributed by atoms with E-state index in [0.29, 0.717) is 24.1 Å². The maximum atomic E-state index is 13.9. The molecule has 0 aromatic heterocycles. The lowest BCUT2D eigenvalue weighted by Crippen LogP contribution is -3.14. The van der Waals surface area contributed by atoms with E-state index in [9.17, 15) is 13.5 Å². The van der Waals surface area contributed by atoms with Crippen molar-refractivity contribution in [3.63, 3.8) is 0 Å². The zero-order chi connectivity index (χ0) is 24.9. The molecule has 184 valence electrons. The SMILES string of the molecule is Cc1ccc(S(=O)(=O)N(C[C@H](O)C[NH+](CC(C)C)CC(C)C)c2cccc3ccccc23)cc1. The number of anilines is 1. The summed E-state index contributed by atoms with van der Waals surface area (Å²) in [7, 11) is -3.88. The molecule has 3 rings (SSSR count). The Labute approximate surface area is 205 Å². The summed E-state index contributed by atoms with van der Waals surface area (Å²) in [5.41, 5.74) is 1.59. The normalized spacial score (nSPS) is 13.2. The van der Waals surface area contributed by atoms with Crippen molar-refractivity contribution in [2.45, 2.75) is 45.6 Å². The minimum Gasteiger partial charge on any atom is -0.385 e. The van der Waals surface area contributed by atoms with E-state index in [1.165, 1.54) is 9.21 Å². The molecule has 3 aromatic rings. The van der Waals surface area contributed by atoms with Crippen LogP contribution >= 0.6 is 0 Å². The molecule has 0 aliphatic rings. The second-order valence-electron chi connectivity index (χ2n) is 10.2. The lowest BCUT2D eigenvalue weighted by atomic mass is 10.1. The van der Waals surface area contributed by atoms with Crippen molar-refractivity contribution in [3.8, 4) is 0 Å². The van der Waals surface area contributed by atoms with E-state index in [1.54, 1.807) is 12.1 Å². The molecule has 1 atom stereocenters. The van der Waals surface area contributed by atoms with Gasteiger partial charge in [-0.1, -0.05) is 81.8 Å². The Balaban J connectivity index is 2.00. The second kappa shape index (κ2) is 11.3. The van der Waals surface area contributed by atoms with Gasteiger partial charge in [0.25, 0.3) is 10.0 Å². The Morgan fingerprint density at radius 3 is 2.03 bits per heavy atom. The first-order valence-corrected chi connectivity index (χ1v) is 13.6. The number of fused-ring (bicyclic) bond motifs is 1. The van der Waals surface area contributed by atoms with Crippen LogP contribution in [0.5, 0.6) is 0 Å². The van der Waals surface area contributed by atoms with Gasteiger partial charge in [0, 0.05) is 17.2 Å². The first-order chi connectivity index (χ1) is 16.1. The third kappa shape index (κ3) is 6.59. The van der Waals surface area contributed by atoms with Crippen LogP contribution in [-0.2, 0) is 10.0 Å². The average Bonchev–Trinajstić information content (AvgIpc) is 2.76. The highest BCUT2D eigenvalue weighted by Crippen LogP contribution is 2.31. The zero-order valence-corrected chi connectivity index (χ0v) is 21.8. The molecule has 3 aromatic carbocycles. The van der Waals surface area contributed by atoms with Gasteiger partial charge in [-0.15, -0.1) is 0 Å². The maximum absolute atomic E-state index is 13.9. The van der Waals surface area contributed by atoms with Gasteiger partial charge in [-0.05, 0) is 30.5 Å². The van der Waals surface area contributed by atoms with Crippen molar-refractivity contribution in [2.75, 3.05) is 30.5 Å². The van der Waals surface area contributed by atoms with E-state index >= 15 is 0 Å². The standard InChI is InChI=1S/C28H38N2O3S/c1-21(2)17-29(18-22(3)4)19-25(31)20-30(34(32,33)26-15-13-23(5)14-16-26)28-12-8-10-24-9-6-7-11-27(24)28/h6-16,21-22,25,31H,17-20H2,1-5H3/p+1/t25-/m1/s1. The molecular formula is C28H39N2O3S+. The fraction of sp³-hybridized carbons (Fsp3) is 0.429. The Morgan fingerprint density at radius 1 is 0.824 bits per heavy atom. The number of quaternary nitrogens is 1. The molecule has 5 nitrogen and oxygen atoms in total. The molecule has 0 radical (unpaired) electrons. The van der Waals surface area contributed by atoms with Crippen LogP contribution in [0.2, 0.25) is 0 Å². The van der Waals surface area contributed by atoms with E-state index < -0.39 is 16.1 Å². The maximum Gasteiger partial charge on any atom is 0.264 e. The fourth-order valence-electron chi connectivity index (χ4n) is 4.58. The quantitative estimate of drug-likeness (QED) is 0.435. The summed E-state index contributed by atoms with van der Waals surface area (Å²) in [4.78, 5) is 1.52. The molecule has 0 amide bonds. The Morgan fingerprint density at radius 2 is 1.41 bits per heavy atom. The van der Waals surface area contributed by atoms with Gasteiger partial charge >= 0.3 is 0 Å². The Hall–Kier alpha value is -2.41. The number of nitrogens with one attached hydrogen (secondary N) is 1. The van der Waals surface area contributed by atoms with Crippen molar-refractivity contribution in [2.24, 2.45) is 11.8 Å². The van der Waals surface area contributed by atoms with Gasteiger partial charge in [-0.2, -0.15) is 0 Å². The summed E-state index contributed by atoms with van der Waals surface area (Å²) in [6.07, 6.45) is -0.799. The van der Waals surface area contributed by atoms with Crippen molar-refractivity contribution in [1.82, 2.24) is 0 Å². The van der Waals surface area contributed by atoms with Gasteiger partial charge in [0.15, 0.2) is 0 Å². The molecule has 0 saturated carbocycles. The number of rotatable bonds is 11. The highest BCUT2D eigenvalue weighted by atomic mass is 32.2. The minimum atomic E-state index is -3.88. The number of benzene rings is 3. The molecule has 0 bridgehead atoms. The molecule has 2 N–H and O–H groups in total. The molecule has 0 aliphatic heterocycles. The molecule has 0 heterocycles. The summed E-state index contributed by atoms with van der Waals surface area (Å²) in [6, 6.07) is 20.3. The van der Waals surface area contributed by atoms with Gasteiger partial charge in [0.1, 0.15) is 12.6 Å². The molecule has 0 saturated heterocycles. The molecule has 34 heavy (non-hydrogen) atoms. The number of aliphatic hydroxyl groups excluding tert-OH is 1. The Bertz CT molecular complexity index is 1160. The van der Waals surface area contributed by atoms with Crippen LogP contribution in [0.3, 0.4) is 0 Å². The van der Waals surface area contributed by atoms with Crippen LogP contribution in [0, 0.1) is 18.8 Å². The highest BCUT2D eigenvalue weighted by Gasteiger charge is 2.30. The third-order valence-electron chi connectivity index (χ3n) is 5.94. The van der Waals surface area contributed by atoms with Gasteiger partial charge in [-0.3, -0.25) is 4.31 Å². The average molecular weight is 484 g/mol. The largest absolute Gasteiger partial charge is 0.385 e. The van der Waals surface area contributed by atoms with E-state index in [2.05, 4.69) is 27.7 Å². The topological polar surface area (TPSA) is 62.0 Å². The monoisotopic (exact) mass is 483 g/mol. The Kier molecular flexibility index (Phi) is 8.74. The third-order valence-corrected chi connectivity index (χ3v) is 7.73. The number of aliphatic hydroxyl groups is 1. The molecule has 0 aliphatic carbocycles. The molecule has 6 heteroatoms. The summed E-state index contributed by atoms with van der Waals surface area (Å²) in [6.45, 7) is 13.0. The smallest absolute Gasteiger partial charge is 0.264 e. The molecular weight excluding hydrogens is 444 g/mol. The first kappa shape index (κ1) is 26.2.